The summed E-state index contributed by atoms with van der Waals surface area (Å²) < 4.78 is 15.6. The van der Waals surface area contributed by atoms with Crippen molar-refractivity contribution in [1.82, 2.24) is 104 Å². The molecule has 4 aromatic carbocycles. The predicted octanol–water partition coefficient (Wildman–Crippen LogP) is 18.4. The minimum absolute atomic E-state index is 0.887. The molecule has 0 saturated carbocycles. The monoisotopic (exact) mass is 1600 g/mol. The zero-order valence-corrected chi connectivity index (χ0v) is 65.8. The fraction of sp³-hybridized carbons (Fsp3) is 0.0337. The Morgan fingerprint density at radius 2 is 1.08 bits per heavy atom. The number of nitrogens with one attached hydrogen (secondary N) is 2. The number of fused-ring (bicyclic) bond motifs is 7. The highest BCUT2D eigenvalue weighted by atomic mass is 32.1. The van der Waals surface area contributed by atoms with Gasteiger partial charge in [-0.2, -0.15) is 36.8 Å². The Balaban J connectivity index is 0.000000156. The predicted molar refractivity (Wildman–Crippen MR) is 471 cm³/mol. The Kier molecular flexibility index (Phi) is 44.1. The number of allylic oxidation sites excluding steroid dienone is 2. The molecule has 584 valence electrons. The molecule has 21 aromatic rings. The Morgan fingerprint density at radius 3 is 1.59 bits per heavy atom. The molecule has 0 amide bonds. The number of aromatic amines is 2. The molecule has 0 bridgehead atoms. The van der Waals surface area contributed by atoms with Crippen LogP contribution >= 0.6 is 34.0 Å². The molecule has 117 heavy (non-hydrogen) atoms. The second-order valence-electron chi connectivity index (χ2n) is 22.1. The van der Waals surface area contributed by atoms with Crippen LogP contribution in [0.3, 0.4) is 0 Å². The molecule has 1 aliphatic carbocycles. The number of para-hydroxylation sites is 2. The second kappa shape index (κ2) is 59.3. The molecule has 3 aliphatic rings. The number of imidazole rings is 2. The molecule has 0 fully saturated rings. The quantitative estimate of drug-likeness (QED) is 0.142. The van der Waals surface area contributed by atoms with Gasteiger partial charge in [-0.15, -0.1) is 22.7 Å². The number of hydrogen-bond acceptors (Lipinski definition) is 23. The Hall–Kier alpha value is -15.5. The van der Waals surface area contributed by atoms with Crippen LogP contribution in [-0.4, -0.2) is 123 Å². The molecular formula is C89H83N23O2S3. The third kappa shape index (κ3) is 39.3. The molecule has 0 saturated heterocycles. The first kappa shape index (κ1) is 87.1. The van der Waals surface area contributed by atoms with Crippen LogP contribution in [0.1, 0.15) is 12.8 Å². The van der Waals surface area contributed by atoms with E-state index in [0.29, 0.717) is 0 Å². The van der Waals surface area contributed by atoms with Crippen molar-refractivity contribution in [2.24, 2.45) is 9.98 Å². The minimum Gasteiger partial charge on any atom is -0.473 e. The van der Waals surface area contributed by atoms with Crippen molar-refractivity contribution < 1.29 is 8.94 Å². The van der Waals surface area contributed by atoms with E-state index in [4.69, 9.17) is 0 Å². The highest BCUT2D eigenvalue weighted by Crippen LogP contribution is 2.19. The summed E-state index contributed by atoms with van der Waals surface area (Å²) in [7, 11) is 0. The largest absolute Gasteiger partial charge is 0.473 e. The highest BCUT2D eigenvalue weighted by Gasteiger charge is 1.93. The van der Waals surface area contributed by atoms with Crippen molar-refractivity contribution in [3.8, 4) is 0 Å². The molecule has 0 atom stereocenters. The van der Waals surface area contributed by atoms with E-state index in [-0.39, 0.29) is 0 Å². The van der Waals surface area contributed by atoms with Crippen molar-refractivity contribution in [3.63, 3.8) is 0 Å². The first-order valence-electron chi connectivity index (χ1n) is 35.9. The molecular weight excluding hydrogens is 1520 g/mol. The number of rotatable bonds is 0. The molecule has 0 radical (unpaired) electrons. The van der Waals surface area contributed by atoms with E-state index in [2.05, 4.69) is 200 Å². The summed E-state index contributed by atoms with van der Waals surface area (Å²) in [6, 6.07) is 65.4. The van der Waals surface area contributed by atoms with Crippen LogP contribution in [-0.2, 0) is 0 Å². The van der Waals surface area contributed by atoms with Gasteiger partial charge < -0.3 is 18.3 Å². The molecule has 17 aromatic heterocycles. The lowest BCUT2D eigenvalue weighted by Gasteiger charge is -1.86. The fourth-order valence-corrected chi connectivity index (χ4v) is 10.4. The van der Waals surface area contributed by atoms with E-state index in [0.717, 1.165) is 47.2 Å². The number of benzene rings is 4. The van der Waals surface area contributed by atoms with E-state index in [9.17, 15) is 0 Å². The van der Waals surface area contributed by atoms with E-state index < -0.39 is 0 Å². The number of nitrogens with zero attached hydrogens (tertiary/aromatic N) is 21. The van der Waals surface area contributed by atoms with Gasteiger partial charge in [0.15, 0.2) is 16.9 Å². The van der Waals surface area contributed by atoms with Gasteiger partial charge in [0, 0.05) is 182 Å². The van der Waals surface area contributed by atoms with E-state index in [1.54, 1.807) is 203 Å². The lowest BCUT2D eigenvalue weighted by atomic mass is 10.3. The number of pyridine rings is 1. The van der Waals surface area contributed by atoms with Crippen LogP contribution in [0, 0.1) is 0 Å². The van der Waals surface area contributed by atoms with Gasteiger partial charge >= 0.3 is 0 Å². The lowest BCUT2D eigenvalue weighted by Crippen LogP contribution is -2.19. The number of aliphatic imine (C=N–C) groups is 2. The summed E-state index contributed by atoms with van der Waals surface area (Å²) in [6.07, 6.45) is 67.7. The van der Waals surface area contributed by atoms with Crippen molar-refractivity contribution >= 4 is 107 Å². The maximum Gasteiger partial charge on any atom is 0.155 e. The molecule has 0 spiro atoms. The second-order valence-corrected chi connectivity index (χ2v) is 24.6. The average molecular weight is 1600 g/mol. The summed E-state index contributed by atoms with van der Waals surface area (Å²) >= 11 is 5.10. The van der Waals surface area contributed by atoms with Gasteiger partial charge in [0.2, 0.25) is 0 Å². The summed E-state index contributed by atoms with van der Waals surface area (Å²) in [5.74, 6) is 0. The Labute approximate surface area is 687 Å². The number of aromatic nitrogens is 21. The standard InChI is InChI=1S/C9H8.C8H7N.C8H6S.C7H6N2.3C6H5N3.C5H5N.3C4H4N2.2C4H5N.C4H4O.C4H4S.C3H3NO.C3H3NS/c1-2-5-9-7-3-6-8(9)4-1;2*1-2-4-8-7(3-1)5-6-9-8;1-2-4-7-6(3-1)5-8-9-7;1-3-9-4-2-8-6(9)5-7-1;1-3-7-6-2-4-8-9(6)5-1;1-2-6-7-4-5-9(6)8-3-1;1-2-4-6-5-3-1;1-2-6-4-3-5-1;1-2-5-4-6-3-1;1-2-4-6-5-3-1;5*1-2-4-5-3-1;1-2-5-3-4-1/h1-2,4-7H,3H2;1-6,9H;1-6H;1-5H,(H,8,9);3*1-5H;1-5H;3*1-4H;1,3-4H,2H2;1-3H,4H2;2*1-4H;2*1-3H. The van der Waals surface area contributed by atoms with Crippen molar-refractivity contribution in [2.45, 2.75) is 12.8 Å². The van der Waals surface area contributed by atoms with Crippen LogP contribution in [0.5, 0.6) is 0 Å². The summed E-state index contributed by atoms with van der Waals surface area (Å²) in [4.78, 5) is 49.0. The molecule has 0 unspecified atom stereocenters. The van der Waals surface area contributed by atoms with Crippen LogP contribution in [0.4, 0.5) is 0 Å². The number of thiophene rings is 2. The van der Waals surface area contributed by atoms with Gasteiger partial charge in [0.25, 0.3) is 0 Å². The molecule has 24 rings (SSSR count). The zero-order chi connectivity index (χ0) is 80.9. The van der Waals surface area contributed by atoms with E-state index in [1.807, 2.05) is 197 Å². The number of furan rings is 1. The fourth-order valence-electron chi connectivity index (χ4n) is 8.76. The van der Waals surface area contributed by atoms with Crippen LogP contribution in [0.25, 0.3) is 61.0 Å². The SMILES string of the molecule is C1=CCN=C1.C1=CN=CC1.C1=c2ccccc2=CC1.c1ccc2[nH]ccc2c1.c1ccc2[nH]ncc2c1.c1ccc2sccc2c1.c1ccncc1.c1ccnnc1.c1ccoc1.c1ccsc1.c1cn2ccnc2cn1.c1cnc2ccnn2c1.c1cnccn1.c1cncnc1.c1cnn2ccnc2c1.c1cnoc1.c1cscn1. The average Bonchev–Trinajstić information content (AvgIpc) is 1.79. The van der Waals surface area contributed by atoms with Gasteiger partial charge in [-0.1, -0.05) is 127 Å². The minimum atomic E-state index is 0.887. The lowest BCUT2D eigenvalue weighted by molar-refractivity contribution is 0.420. The molecule has 2 aliphatic heterocycles. The molecule has 2 N–H and O–H groups in total. The molecule has 28 heteroatoms. The Morgan fingerprint density at radius 1 is 0.402 bits per heavy atom. The van der Waals surface area contributed by atoms with Gasteiger partial charge in [0.05, 0.1) is 54.9 Å². The maximum absolute atomic E-state index is 4.58. The van der Waals surface area contributed by atoms with Gasteiger partial charge in [-0.3, -0.25) is 40.0 Å². The molecule has 25 nitrogen and oxygen atoms in total. The third-order valence-corrected chi connectivity index (χ3v) is 16.1. The van der Waals surface area contributed by atoms with Gasteiger partial charge in [-0.05, 0) is 147 Å². The van der Waals surface area contributed by atoms with Gasteiger partial charge in [0.1, 0.15) is 12.6 Å². The van der Waals surface area contributed by atoms with Crippen LogP contribution in [0.15, 0.2) is 451 Å². The van der Waals surface area contributed by atoms with Crippen molar-refractivity contribution in [1.29, 1.82) is 0 Å². The van der Waals surface area contributed by atoms with Crippen LogP contribution < -0.4 is 10.4 Å². The number of H-pyrrole nitrogens is 2. The molecule has 19 heterocycles. The van der Waals surface area contributed by atoms with Gasteiger partial charge in [-0.25, -0.2) is 34.0 Å². The summed E-state index contributed by atoms with van der Waals surface area (Å²) in [5, 5.41) is 39.8. The normalized spacial score (nSPS) is 10.3. The topological polar surface area (TPSA) is 302 Å². The first-order chi connectivity index (χ1) is 58.3. The summed E-state index contributed by atoms with van der Waals surface area (Å²) in [6.45, 7) is 0.889. The first-order valence-corrected chi connectivity index (χ1v) is 38.7. The van der Waals surface area contributed by atoms with E-state index in [1.165, 1.54) is 44.0 Å². The zero-order valence-electron chi connectivity index (χ0n) is 63.4. The smallest absolute Gasteiger partial charge is 0.155 e. The Bertz CT molecular complexity index is 4830. The number of thiazole rings is 1. The highest BCUT2D eigenvalue weighted by molar-refractivity contribution is 7.17. The summed E-state index contributed by atoms with van der Waals surface area (Å²) in [5.41, 5.74) is 6.75. The third-order valence-electron chi connectivity index (χ3n) is 14.0. The van der Waals surface area contributed by atoms with E-state index >= 15 is 0 Å². The van der Waals surface area contributed by atoms with Crippen LogP contribution in [0.2, 0.25) is 0 Å². The number of hydrogen-bond donors (Lipinski definition) is 2. The van der Waals surface area contributed by atoms with Crippen molar-refractivity contribution in [3.05, 3.63) is 442 Å². The maximum atomic E-state index is 4.58. The van der Waals surface area contributed by atoms with Crippen molar-refractivity contribution in [2.75, 3.05) is 6.54 Å².